The van der Waals surface area contributed by atoms with Gasteiger partial charge in [0, 0.05) is 37.0 Å². The highest BCUT2D eigenvalue weighted by atomic mass is 32.1. The number of nitrogens with zero attached hydrogens (tertiary/aromatic N) is 6. The van der Waals surface area contributed by atoms with Gasteiger partial charge in [0.05, 0.1) is 46.3 Å². The van der Waals surface area contributed by atoms with E-state index in [1.165, 1.54) is 0 Å². The van der Waals surface area contributed by atoms with Gasteiger partial charge in [-0.1, -0.05) is 0 Å². The van der Waals surface area contributed by atoms with Gasteiger partial charge in [-0.2, -0.15) is 15.2 Å². The van der Waals surface area contributed by atoms with Crippen molar-refractivity contribution in [1.82, 2.24) is 19.9 Å². The van der Waals surface area contributed by atoms with Crippen molar-refractivity contribution in [2.75, 3.05) is 43.4 Å². The first kappa shape index (κ1) is 25.9. The van der Waals surface area contributed by atoms with Gasteiger partial charge in [-0.25, -0.2) is 13.2 Å². The van der Waals surface area contributed by atoms with Crippen LogP contribution in [0.25, 0.3) is 32.2 Å². The molecule has 4 aliphatic heterocycles. The number of thiophene rings is 1. The van der Waals surface area contributed by atoms with Crippen molar-refractivity contribution in [2.24, 2.45) is 0 Å². The van der Waals surface area contributed by atoms with E-state index < -0.39 is 23.3 Å². The third kappa shape index (κ3) is 3.64. The lowest BCUT2D eigenvalue weighted by Crippen LogP contribution is -2.43. The van der Waals surface area contributed by atoms with Crippen LogP contribution >= 0.6 is 11.3 Å². The van der Waals surface area contributed by atoms with Crippen LogP contribution in [0.2, 0.25) is 0 Å². The molecule has 1 aromatic carbocycles. The van der Waals surface area contributed by atoms with Crippen LogP contribution in [0, 0.1) is 23.0 Å². The summed E-state index contributed by atoms with van der Waals surface area (Å²) in [6.07, 6.45) is 3.27. The molecule has 2 N–H and O–H groups in total. The van der Waals surface area contributed by atoms with E-state index in [0.29, 0.717) is 29.7 Å². The number of nitrogens with two attached hydrogens (primary N) is 1. The molecule has 1 unspecified atom stereocenters. The molecule has 13 heteroatoms. The van der Waals surface area contributed by atoms with Crippen LogP contribution in [0.15, 0.2) is 6.20 Å². The van der Waals surface area contributed by atoms with Crippen LogP contribution in [0.1, 0.15) is 42.4 Å². The molecule has 3 fully saturated rings. The zero-order valence-corrected chi connectivity index (χ0v) is 23.4. The molecule has 4 aliphatic rings. The predicted octanol–water partition coefficient (Wildman–Crippen LogP) is 4.83. The van der Waals surface area contributed by atoms with E-state index in [-0.39, 0.29) is 63.3 Å². The standard InChI is InChI=1S/C29H26F3N7O2S/c30-14-7-29(3-1-6-39(29)10-14)13-41-28-36-24-21(27(37-28)38-4-2-5-38)17-12-40-11-16(17)19(22(24)32)23-20-15(8-33)26(34)42-25(20)18(31)9-35-23/h9,14H,1-7,10-13,34H2/t14?,29-/m0/s1. The van der Waals surface area contributed by atoms with Gasteiger partial charge in [-0.15, -0.1) is 11.3 Å². The van der Waals surface area contributed by atoms with Gasteiger partial charge in [0.2, 0.25) is 0 Å². The highest BCUT2D eigenvalue weighted by Gasteiger charge is 2.49. The molecule has 2 atom stereocenters. The molecule has 4 aromatic rings. The van der Waals surface area contributed by atoms with Crippen molar-refractivity contribution in [1.29, 1.82) is 5.26 Å². The normalized spacial score (nSPS) is 23.4. The molecular weight excluding hydrogens is 567 g/mol. The number of aromatic nitrogens is 3. The minimum atomic E-state index is -0.907. The number of alkyl halides is 1. The number of anilines is 2. The number of hydrogen-bond acceptors (Lipinski definition) is 10. The van der Waals surface area contributed by atoms with Crippen molar-refractivity contribution in [3.8, 4) is 23.3 Å². The second kappa shape index (κ2) is 9.39. The Morgan fingerprint density at radius 2 is 2.00 bits per heavy atom. The summed E-state index contributed by atoms with van der Waals surface area (Å²) in [5, 5.41) is 10.7. The Labute approximate surface area is 242 Å². The average Bonchev–Trinajstić information content (AvgIpc) is 3.70. The number of pyridine rings is 1. The first-order chi connectivity index (χ1) is 20.4. The summed E-state index contributed by atoms with van der Waals surface area (Å²) in [5.74, 6) is -0.747. The SMILES string of the molecule is N#Cc1c(N)sc2c(F)cnc(-c3c4c(c5c(N6CCC6)nc(OC[C@@]67CCCN6CC(F)C7)nc5c3F)COC4)c12. The first-order valence-corrected chi connectivity index (χ1v) is 14.9. The van der Waals surface area contributed by atoms with Gasteiger partial charge in [0.1, 0.15) is 35.2 Å². The van der Waals surface area contributed by atoms with E-state index in [1.54, 1.807) is 0 Å². The molecule has 7 heterocycles. The van der Waals surface area contributed by atoms with E-state index in [0.717, 1.165) is 62.0 Å². The van der Waals surface area contributed by atoms with Gasteiger partial charge >= 0.3 is 6.01 Å². The van der Waals surface area contributed by atoms with Crippen molar-refractivity contribution in [3.05, 3.63) is 34.5 Å². The fraction of sp³-hybridized carbons (Fsp3) is 0.448. The third-order valence-corrected chi connectivity index (χ3v) is 10.2. The minimum Gasteiger partial charge on any atom is -0.461 e. The second-order valence-electron chi connectivity index (χ2n) is 11.5. The van der Waals surface area contributed by atoms with Gasteiger partial charge < -0.3 is 20.1 Å². The van der Waals surface area contributed by atoms with Crippen molar-refractivity contribution >= 4 is 43.1 Å². The fourth-order valence-corrected chi connectivity index (χ4v) is 8.02. The maximum atomic E-state index is 16.9. The second-order valence-corrected chi connectivity index (χ2v) is 12.6. The zero-order chi connectivity index (χ0) is 28.7. The number of halogens is 3. The van der Waals surface area contributed by atoms with Gasteiger partial charge in [0.25, 0.3) is 0 Å². The van der Waals surface area contributed by atoms with Crippen LogP contribution in [0.4, 0.5) is 24.0 Å². The average molecular weight is 594 g/mol. The van der Waals surface area contributed by atoms with Gasteiger partial charge in [-0.3, -0.25) is 9.88 Å². The lowest BCUT2D eigenvalue weighted by molar-refractivity contribution is 0.107. The fourth-order valence-electron chi connectivity index (χ4n) is 7.10. The molecule has 8 rings (SSSR count). The van der Waals surface area contributed by atoms with E-state index in [4.69, 9.17) is 20.2 Å². The summed E-state index contributed by atoms with van der Waals surface area (Å²) < 4.78 is 58.2. The maximum absolute atomic E-state index is 16.9. The summed E-state index contributed by atoms with van der Waals surface area (Å²) in [4.78, 5) is 17.8. The Balaban J connectivity index is 1.33. The lowest BCUT2D eigenvalue weighted by atomic mass is 9.93. The van der Waals surface area contributed by atoms with E-state index >= 15 is 4.39 Å². The summed E-state index contributed by atoms with van der Waals surface area (Å²) in [5.41, 5.74) is 7.25. The Hall–Kier alpha value is -3.73. The molecule has 216 valence electrons. The molecule has 0 radical (unpaired) electrons. The molecular formula is C29H26F3N7O2S. The molecule has 0 aliphatic carbocycles. The number of fused-ring (bicyclic) bond motifs is 5. The quantitative estimate of drug-likeness (QED) is 0.348. The molecule has 3 saturated heterocycles. The van der Waals surface area contributed by atoms with Crippen LogP contribution in [-0.2, 0) is 18.0 Å². The van der Waals surface area contributed by atoms with Crippen molar-refractivity contribution in [3.63, 3.8) is 0 Å². The van der Waals surface area contributed by atoms with Crippen LogP contribution in [0.3, 0.4) is 0 Å². The van der Waals surface area contributed by atoms with Crippen molar-refractivity contribution in [2.45, 2.75) is 50.6 Å². The monoisotopic (exact) mass is 593 g/mol. The summed E-state index contributed by atoms with van der Waals surface area (Å²) >= 11 is 0.930. The van der Waals surface area contributed by atoms with Gasteiger partial charge in [-0.05, 0) is 36.9 Å². The molecule has 0 saturated carbocycles. The van der Waals surface area contributed by atoms with Crippen LogP contribution in [0.5, 0.6) is 6.01 Å². The zero-order valence-electron chi connectivity index (χ0n) is 22.6. The Morgan fingerprint density at radius 1 is 1.17 bits per heavy atom. The molecule has 0 bridgehead atoms. The van der Waals surface area contributed by atoms with Crippen LogP contribution < -0.4 is 15.4 Å². The summed E-state index contributed by atoms with van der Waals surface area (Å²) in [6, 6.07) is 2.05. The molecule has 0 spiro atoms. The summed E-state index contributed by atoms with van der Waals surface area (Å²) in [7, 11) is 0. The highest BCUT2D eigenvalue weighted by molar-refractivity contribution is 7.23. The number of ether oxygens (including phenoxy) is 2. The topological polar surface area (TPSA) is 113 Å². The first-order valence-electron chi connectivity index (χ1n) is 14.0. The molecule has 3 aromatic heterocycles. The number of nitrogen functional groups attached to an aromatic ring is 1. The number of nitriles is 1. The number of hydrogen-bond donors (Lipinski definition) is 1. The lowest BCUT2D eigenvalue weighted by Gasteiger charge is -2.34. The Kier molecular flexibility index (Phi) is 5.80. The predicted molar refractivity (Wildman–Crippen MR) is 151 cm³/mol. The Morgan fingerprint density at radius 3 is 2.79 bits per heavy atom. The number of rotatable bonds is 5. The van der Waals surface area contributed by atoms with Gasteiger partial charge in [0.15, 0.2) is 11.6 Å². The Bertz CT molecular complexity index is 1840. The smallest absolute Gasteiger partial charge is 0.319 e. The van der Waals surface area contributed by atoms with Crippen molar-refractivity contribution < 1.29 is 22.6 Å². The molecule has 9 nitrogen and oxygen atoms in total. The number of benzene rings is 1. The minimum absolute atomic E-state index is 0.0198. The summed E-state index contributed by atoms with van der Waals surface area (Å²) in [6.45, 7) is 3.25. The van der Waals surface area contributed by atoms with E-state index in [1.807, 2.05) is 6.07 Å². The third-order valence-electron chi connectivity index (χ3n) is 9.19. The largest absolute Gasteiger partial charge is 0.461 e. The maximum Gasteiger partial charge on any atom is 0.319 e. The molecule has 0 amide bonds. The van der Waals surface area contributed by atoms with E-state index in [2.05, 4.69) is 19.8 Å². The molecule has 42 heavy (non-hydrogen) atoms. The van der Waals surface area contributed by atoms with Crippen LogP contribution in [-0.4, -0.2) is 64.3 Å². The van der Waals surface area contributed by atoms with E-state index in [9.17, 15) is 14.0 Å². The highest BCUT2D eigenvalue weighted by Crippen LogP contribution is 2.47.